The average molecular weight is 394 g/mol. The fraction of sp³-hybridized carbons (Fsp3) is 0.391. The van der Waals surface area contributed by atoms with Crippen molar-refractivity contribution in [3.05, 3.63) is 53.1 Å². The van der Waals surface area contributed by atoms with E-state index in [1.165, 1.54) is 5.56 Å². The average Bonchev–Trinajstić information content (AvgIpc) is 2.72. The van der Waals surface area contributed by atoms with Gasteiger partial charge in [0.2, 0.25) is 0 Å². The summed E-state index contributed by atoms with van der Waals surface area (Å²) >= 11 is 0. The van der Waals surface area contributed by atoms with Crippen molar-refractivity contribution in [3.63, 3.8) is 0 Å². The molecule has 2 aliphatic heterocycles. The molecule has 0 aromatic heterocycles. The number of aryl methyl sites for hydroxylation is 2. The zero-order valence-electron chi connectivity index (χ0n) is 16.9. The fourth-order valence-electron chi connectivity index (χ4n) is 3.87. The van der Waals surface area contributed by atoms with Gasteiger partial charge in [0.15, 0.2) is 6.61 Å². The first kappa shape index (κ1) is 19.3. The lowest BCUT2D eigenvalue weighted by molar-refractivity contribution is -0.118. The topological polar surface area (TPSA) is 67.9 Å². The summed E-state index contributed by atoms with van der Waals surface area (Å²) in [4.78, 5) is 26.2. The van der Waals surface area contributed by atoms with E-state index in [0.29, 0.717) is 42.6 Å². The largest absolute Gasteiger partial charge is 0.493 e. The maximum absolute atomic E-state index is 12.9. The highest BCUT2D eigenvalue weighted by molar-refractivity contribution is 5.99. The Hall–Kier alpha value is -3.02. The molecule has 0 bridgehead atoms. The number of ether oxygens (including phenoxy) is 2. The number of nitrogens with zero attached hydrogens (tertiary/aromatic N) is 1. The smallest absolute Gasteiger partial charge is 0.262 e. The summed E-state index contributed by atoms with van der Waals surface area (Å²) in [5.74, 6) is 1.76. The number of piperidine rings is 1. The maximum atomic E-state index is 12.9. The van der Waals surface area contributed by atoms with Crippen molar-refractivity contribution >= 4 is 17.5 Å². The van der Waals surface area contributed by atoms with Crippen molar-refractivity contribution in [2.24, 2.45) is 5.92 Å². The molecule has 0 spiro atoms. The van der Waals surface area contributed by atoms with Crippen LogP contribution in [0.4, 0.5) is 5.69 Å². The Kier molecular flexibility index (Phi) is 5.43. The number of carbonyl (C=O) groups is 2. The van der Waals surface area contributed by atoms with Crippen molar-refractivity contribution in [2.75, 3.05) is 31.6 Å². The van der Waals surface area contributed by atoms with Gasteiger partial charge in [-0.2, -0.15) is 0 Å². The van der Waals surface area contributed by atoms with Crippen LogP contribution in [0.25, 0.3) is 0 Å². The van der Waals surface area contributed by atoms with Crippen LogP contribution in [-0.4, -0.2) is 43.0 Å². The highest BCUT2D eigenvalue weighted by atomic mass is 16.5. The molecule has 2 heterocycles. The van der Waals surface area contributed by atoms with Crippen LogP contribution in [0.15, 0.2) is 36.4 Å². The SMILES string of the molecule is Cc1ccc(OCC2CCN(C(=O)c3ccc4c(c3)NC(=O)CO4)CC2)c(C)c1. The molecule has 29 heavy (non-hydrogen) atoms. The predicted octanol–water partition coefficient (Wildman–Crippen LogP) is 3.57. The first-order valence-corrected chi connectivity index (χ1v) is 10.1. The lowest BCUT2D eigenvalue weighted by Gasteiger charge is -2.32. The zero-order valence-corrected chi connectivity index (χ0v) is 16.9. The monoisotopic (exact) mass is 394 g/mol. The summed E-state index contributed by atoms with van der Waals surface area (Å²) in [7, 11) is 0. The molecule has 1 saturated heterocycles. The van der Waals surface area contributed by atoms with Crippen LogP contribution >= 0.6 is 0 Å². The first-order valence-electron chi connectivity index (χ1n) is 10.1. The number of amides is 2. The van der Waals surface area contributed by atoms with Gasteiger partial charge in [-0.3, -0.25) is 9.59 Å². The molecule has 152 valence electrons. The molecule has 0 unspecified atom stereocenters. The molecule has 4 rings (SSSR count). The molecule has 2 aromatic carbocycles. The van der Waals surface area contributed by atoms with Crippen LogP contribution in [0.3, 0.4) is 0 Å². The van der Waals surface area contributed by atoms with Gasteiger partial charge in [-0.25, -0.2) is 0 Å². The third kappa shape index (κ3) is 4.36. The van der Waals surface area contributed by atoms with Gasteiger partial charge in [0, 0.05) is 18.7 Å². The Labute approximate surface area is 170 Å². The van der Waals surface area contributed by atoms with E-state index < -0.39 is 0 Å². The van der Waals surface area contributed by atoms with Crippen molar-refractivity contribution in [2.45, 2.75) is 26.7 Å². The van der Waals surface area contributed by atoms with E-state index in [4.69, 9.17) is 9.47 Å². The predicted molar refractivity (Wildman–Crippen MR) is 111 cm³/mol. The molecule has 6 nitrogen and oxygen atoms in total. The number of anilines is 1. The Morgan fingerprint density at radius 3 is 2.72 bits per heavy atom. The van der Waals surface area contributed by atoms with Gasteiger partial charge in [0.1, 0.15) is 11.5 Å². The third-order valence-corrected chi connectivity index (χ3v) is 5.57. The highest BCUT2D eigenvalue weighted by Gasteiger charge is 2.25. The van der Waals surface area contributed by atoms with Crippen molar-refractivity contribution < 1.29 is 19.1 Å². The standard InChI is InChI=1S/C23H26N2O4/c1-15-3-5-20(16(2)11-15)28-13-17-7-9-25(10-8-17)23(27)18-4-6-21-19(12-18)24-22(26)14-29-21/h3-6,11-12,17H,7-10,13-14H2,1-2H3,(H,24,26). The van der Waals surface area contributed by atoms with E-state index >= 15 is 0 Å². The van der Waals surface area contributed by atoms with Gasteiger partial charge in [-0.15, -0.1) is 0 Å². The van der Waals surface area contributed by atoms with Crippen molar-refractivity contribution in [3.8, 4) is 11.5 Å². The first-order chi connectivity index (χ1) is 14.0. The number of nitrogens with one attached hydrogen (secondary N) is 1. The van der Waals surface area contributed by atoms with E-state index in [1.807, 2.05) is 11.0 Å². The number of carbonyl (C=O) groups excluding carboxylic acids is 2. The molecule has 1 fully saturated rings. The summed E-state index contributed by atoms with van der Waals surface area (Å²) in [6.45, 7) is 6.24. The molecule has 6 heteroatoms. The lowest BCUT2D eigenvalue weighted by atomic mass is 9.97. The minimum absolute atomic E-state index is 0.0119. The van der Waals surface area contributed by atoms with E-state index in [-0.39, 0.29) is 18.4 Å². The fourth-order valence-corrected chi connectivity index (χ4v) is 3.87. The summed E-state index contributed by atoms with van der Waals surface area (Å²) in [6, 6.07) is 11.4. The molecule has 0 radical (unpaired) electrons. The van der Waals surface area contributed by atoms with E-state index in [1.54, 1.807) is 18.2 Å². The summed E-state index contributed by atoms with van der Waals surface area (Å²) in [6.07, 6.45) is 1.84. The van der Waals surface area contributed by atoms with Gasteiger partial charge >= 0.3 is 0 Å². The van der Waals surface area contributed by atoms with Crippen LogP contribution in [-0.2, 0) is 4.79 Å². The maximum Gasteiger partial charge on any atom is 0.262 e. The summed E-state index contributed by atoms with van der Waals surface area (Å²) in [5.41, 5.74) is 3.51. The molecule has 2 amide bonds. The number of hydrogen-bond donors (Lipinski definition) is 1. The van der Waals surface area contributed by atoms with E-state index in [2.05, 4.69) is 31.3 Å². The second kappa shape index (κ2) is 8.15. The highest BCUT2D eigenvalue weighted by Crippen LogP contribution is 2.30. The molecule has 2 aliphatic rings. The Morgan fingerprint density at radius 1 is 1.17 bits per heavy atom. The Bertz CT molecular complexity index is 932. The minimum atomic E-state index is -0.202. The Balaban J connectivity index is 1.32. The van der Waals surface area contributed by atoms with Gasteiger partial charge in [0.25, 0.3) is 11.8 Å². The molecule has 0 aliphatic carbocycles. The van der Waals surface area contributed by atoms with Crippen molar-refractivity contribution in [1.82, 2.24) is 4.90 Å². The molecular formula is C23H26N2O4. The third-order valence-electron chi connectivity index (χ3n) is 5.57. The quantitative estimate of drug-likeness (QED) is 0.861. The normalized spacial score (nSPS) is 16.6. The van der Waals surface area contributed by atoms with Crippen LogP contribution in [0.2, 0.25) is 0 Å². The van der Waals surface area contributed by atoms with Crippen LogP contribution < -0.4 is 14.8 Å². The number of rotatable bonds is 4. The van der Waals surface area contributed by atoms with Crippen molar-refractivity contribution in [1.29, 1.82) is 0 Å². The lowest BCUT2D eigenvalue weighted by Crippen LogP contribution is -2.39. The molecule has 1 N–H and O–H groups in total. The summed E-state index contributed by atoms with van der Waals surface area (Å²) < 4.78 is 11.4. The molecular weight excluding hydrogens is 368 g/mol. The van der Waals surface area contributed by atoms with E-state index in [0.717, 1.165) is 24.2 Å². The zero-order chi connectivity index (χ0) is 20.4. The van der Waals surface area contributed by atoms with Gasteiger partial charge in [0.05, 0.1) is 12.3 Å². The number of likely N-dealkylation sites (tertiary alicyclic amines) is 1. The second-order valence-electron chi connectivity index (χ2n) is 7.86. The molecule has 0 saturated carbocycles. The number of hydrogen-bond acceptors (Lipinski definition) is 4. The summed E-state index contributed by atoms with van der Waals surface area (Å²) in [5, 5.41) is 2.75. The van der Waals surface area contributed by atoms with Crippen LogP contribution in [0.5, 0.6) is 11.5 Å². The van der Waals surface area contributed by atoms with Crippen LogP contribution in [0.1, 0.15) is 34.3 Å². The minimum Gasteiger partial charge on any atom is -0.493 e. The van der Waals surface area contributed by atoms with Gasteiger partial charge in [-0.1, -0.05) is 17.7 Å². The molecule has 2 aromatic rings. The van der Waals surface area contributed by atoms with E-state index in [9.17, 15) is 9.59 Å². The second-order valence-corrected chi connectivity index (χ2v) is 7.86. The number of benzene rings is 2. The van der Waals surface area contributed by atoms with Gasteiger partial charge < -0.3 is 19.7 Å². The Morgan fingerprint density at radius 2 is 1.97 bits per heavy atom. The molecule has 0 atom stereocenters. The van der Waals surface area contributed by atoms with Crippen LogP contribution in [0, 0.1) is 19.8 Å². The van der Waals surface area contributed by atoms with Gasteiger partial charge in [-0.05, 0) is 62.4 Å². The number of fused-ring (bicyclic) bond motifs is 1.